The van der Waals surface area contributed by atoms with Crippen LogP contribution in [-0.2, 0) is 51.1 Å². The Labute approximate surface area is 411 Å². The molecule has 2 aliphatic heterocycles. The van der Waals surface area contributed by atoms with Gasteiger partial charge in [0, 0.05) is 31.4 Å². The minimum atomic E-state index is -5.72. The van der Waals surface area contributed by atoms with Crippen LogP contribution in [0, 0.1) is 17.8 Å². The van der Waals surface area contributed by atoms with Gasteiger partial charge in [0.05, 0.1) is 37.4 Å². The molecular formula is C47H79N3O18P2. The number of aliphatic hydroxyl groups excluding tert-OH is 4. The van der Waals surface area contributed by atoms with E-state index in [4.69, 9.17) is 29.0 Å². The molecule has 2 aliphatic rings. The number of fused-ring (bicyclic) bond motifs is 3. The molecule has 8 N–H and O–H groups in total. The van der Waals surface area contributed by atoms with Gasteiger partial charge in [-0.2, -0.15) is 9.29 Å². The number of nitrogen functional groups attached to an aromatic ring is 1. The summed E-state index contributed by atoms with van der Waals surface area (Å²) < 4.78 is 58.8. The van der Waals surface area contributed by atoms with E-state index >= 15 is 0 Å². The molecule has 2 bridgehead atoms. The normalized spacial score (nSPS) is 30.4. The SMILES string of the molecule is CCCCC[C@H](O)C=C[C@H]1C(=O)C[C@H](O)[C@@H]2C/C=C\CCCC(=O)OC[C@@H](OC(=O)CCCCCCCCCCCC(C)C)COP(=O)(O)OP(=O)(O)OC[C@@H](O[C@H]2n2ccc(N)nc2=O)[C@@H](O)[C@H]1O. The van der Waals surface area contributed by atoms with E-state index in [0.29, 0.717) is 25.2 Å². The number of hydrogen-bond acceptors (Lipinski definition) is 18. The first-order valence-electron chi connectivity index (χ1n) is 24.8. The number of ether oxygens (including phenoxy) is 3. The predicted molar refractivity (Wildman–Crippen MR) is 257 cm³/mol. The number of carbonyl (C=O) groups is 3. The van der Waals surface area contributed by atoms with E-state index in [9.17, 15) is 58.5 Å². The second-order valence-electron chi connectivity index (χ2n) is 18.6. The van der Waals surface area contributed by atoms with Crippen LogP contribution in [0.5, 0.6) is 0 Å². The summed E-state index contributed by atoms with van der Waals surface area (Å²) in [5, 5.41) is 45.7. The molecule has 1 saturated heterocycles. The molecule has 70 heavy (non-hydrogen) atoms. The van der Waals surface area contributed by atoms with Crippen molar-refractivity contribution in [3.63, 3.8) is 0 Å². The zero-order valence-electron chi connectivity index (χ0n) is 40.9. The summed E-state index contributed by atoms with van der Waals surface area (Å²) in [6.45, 7) is 3.66. The smallest absolute Gasteiger partial charge is 0.462 e. The van der Waals surface area contributed by atoms with Crippen molar-refractivity contribution in [2.45, 2.75) is 192 Å². The van der Waals surface area contributed by atoms with Gasteiger partial charge < -0.3 is 50.2 Å². The minimum absolute atomic E-state index is 0.00283. The lowest BCUT2D eigenvalue weighted by Gasteiger charge is -2.39. The fourth-order valence-electron chi connectivity index (χ4n) is 8.07. The highest BCUT2D eigenvalue weighted by Crippen LogP contribution is 2.60. The first kappa shape index (κ1) is 61.1. The molecule has 23 heteroatoms. The summed E-state index contributed by atoms with van der Waals surface area (Å²) in [7, 11) is -11.3. The third-order valence-electron chi connectivity index (χ3n) is 12.1. The molecule has 0 radical (unpaired) electrons. The molecule has 11 atom stereocenters. The molecule has 1 fully saturated rings. The van der Waals surface area contributed by atoms with Crippen molar-refractivity contribution in [3.8, 4) is 0 Å². The lowest BCUT2D eigenvalue weighted by molar-refractivity contribution is -0.186. The van der Waals surface area contributed by atoms with Crippen LogP contribution in [-0.4, -0.2) is 114 Å². The first-order valence-corrected chi connectivity index (χ1v) is 27.8. The molecule has 1 aromatic heterocycles. The number of phosphoric ester groups is 2. The van der Waals surface area contributed by atoms with Crippen LogP contribution >= 0.6 is 15.6 Å². The summed E-state index contributed by atoms with van der Waals surface area (Å²) in [5.41, 5.74) is 4.74. The highest BCUT2D eigenvalue weighted by molar-refractivity contribution is 7.61. The largest absolute Gasteiger partial charge is 0.481 e. The monoisotopic (exact) mass is 1040 g/mol. The van der Waals surface area contributed by atoms with Gasteiger partial charge in [0.2, 0.25) is 0 Å². The van der Waals surface area contributed by atoms with Crippen molar-refractivity contribution in [3.05, 3.63) is 47.1 Å². The second kappa shape index (κ2) is 32.1. The number of Topliss-reactive ketones (excluding diaryl/α,β-unsaturated/α-hetero) is 1. The number of phosphoric acid groups is 2. The maximum atomic E-state index is 13.9. The number of nitrogens with two attached hydrogens (primary N) is 1. The molecule has 0 aliphatic carbocycles. The lowest BCUT2D eigenvalue weighted by atomic mass is 9.83. The number of anilines is 1. The molecule has 2 unspecified atom stereocenters. The quantitative estimate of drug-likeness (QED) is 0.0327. The average molecular weight is 1040 g/mol. The van der Waals surface area contributed by atoms with E-state index in [1.807, 2.05) is 6.92 Å². The Morgan fingerprint density at radius 2 is 1.54 bits per heavy atom. The molecule has 0 aromatic carbocycles. The zero-order valence-corrected chi connectivity index (χ0v) is 42.7. The van der Waals surface area contributed by atoms with E-state index in [-0.39, 0.29) is 37.9 Å². The summed E-state index contributed by atoms with van der Waals surface area (Å²) in [5.74, 6) is -4.52. The van der Waals surface area contributed by atoms with Gasteiger partial charge in [0.1, 0.15) is 36.6 Å². The molecule has 0 saturated carbocycles. The van der Waals surface area contributed by atoms with Gasteiger partial charge >= 0.3 is 33.3 Å². The van der Waals surface area contributed by atoms with Crippen LogP contribution in [0.3, 0.4) is 0 Å². The van der Waals surface area contributed by atoms with Crippen LogP contribution in [0.4, 0.5) is 5.82 Å². The van der Waals surface area contributed by atoms with Crippen molar-refractivity contribution in [1.29, 1.82) is 0 Å². The average Bonchev–Trinajstić information content (AvgIpc) is 3.28. The Bertz CT molecular complexity index is 1950. The van der Waals surface area contributed by atoms with Crippen molar-refractivity contribution >= 4 is 39.2 Å². The van der Waals surface area contributed by atoms with Crippen LogP contribution < -0.4 is 11.4 Å². The third kappa shape index (κ3) is 23.6. The number of esters is 2. The predicted octanol–water partition coefficient (Wildman–Crippen LogP) is 6.28. The van der Waals surface area contributed by atoms with Crippen molar-refractivity contribution in [2.75, 3.05) is 25.6 Å². The van der Waals surface area contributed by atoms with Gasteiger partial charge in [-0.3, -0.25) is 28.0 Å². The summed E-state index contributed by atoms with van der Waals surface area (Å²) in [6, 6.07) is 1.22. The van der Waals surface area contributed by atoms with E-state index in [2.05, 4.69) is 23.1 Å². The van der Waals surface area contributed by atoms with Crippen molar-refractivity contribution in [2.24, 2.45) is 17.8 Å². The topological polar surface area (TPSA) is 323 Å². The molecule has 21 nitrogen and oxygen atoms in total. The molecule has 400 valence electrons. The molecular weight excluding hydrogens is 956 g/mol. The number of aliphatic hydroxyl groups is 4. The lowest BCUT2D eigenvalue weighted by Crippen LogP contribution is -2.51. The van der Waals surface area contributed by atoms with Crippen LogP contribution in [0.15, 0.2) is 41.4 Å². The van der Waals surface area contributed by atoms with Crippen molar-refractivity contribution in [1.82, 2.24) is 9.55 Å². The number of ketones is 1. The van der Waals surface area contributed by atoms with Crippen molar-refractivity contribution < 1.29 is 81.3 Å². The summed E-state index contributed by atoms with van der Waals surface area (Å²) >= 11 is 0. The van der Waals surface area contributed by atoms with Gasteiger partial charge in [0.15, 0.2) is 6.10 Å². The minimum Gasteiger partial charge on any atom is -0.462 e. The van der Waals surface area contributed by atoms with Gasteiger partial charge in [-0.15, -0.1) is 0 Å². The van der Waals surface area contributed by atoms with E-state index in [1.54, 1.807) is 12.2 Å². The Kier molecular flexibility index (Phi) is 28.0. The molecule has 0 spiro atoms. The van der Waals surface area contributed by atoms with Gasteiger partial charge in [-0.05, 0) is 44.1 Å². The van der Waals surface area contributed by atoms with E-state index < -0.39 is 120 Å². The fourth-order valence-corrected chi connectivity index (χ4v) is 10.2. The Morgan fingerprint density at radius 1 is 0.900 bits per heavy atom. The van der Waals surface area contributed by atoms with Crippen LogP contribution in [0.2, 0.25) is 0 Å². The zero-order chi connectivity index (χ0) is 51.7. The fraction of sp³-hybridized carbons (Fsp3) is 0.766. The van der Waals surface area contributed by atoms with Crippen LogP contribution in [0.1, 0.15) is 155 Å². The molecule has 3 heterocycles. The number of allylic oxidation sites excluding steroid dienone is 2. The second-order valence-corrected chi connectivity index (χ2v) is 21.6. The number of hydrogen-bond donors (Lipinski definition) is 7. The number of cyclic esters (lactones) is 1. The highest BCUT2D eigenvalue weighted by Gasteiger charge is 2.45. The first-order chi connectivity index (χ1) is 33.2. The standard InChI is InChI=1S/C47H79N3O18P2/c1-4-5-15-21-34(51)25-26-36-38(52)29-39(53)37-22-17-13-14-18-23-42(54)63-30-35(66-43(55)24-19-12-10-8-6-7-9-11-16-20-33(2)3)31-64-69(59,60)68-70(61,62)65-32-40(45(57)44(36)56)67-46(37)50-28-27-41(48)49-47(50)58/h13,17,25-28,33-37,39-40,44-46,51,53,56-57H,4-12,14-16,18-24,29-32H2,1-3H3,(H,59,60)(H,61,62)(H2,48,49,58)/b17-13-,26-25?/t34-,35+,36-,37-,39-,40+,44-,45+,46+/m0/s1. The third-order valence-corrected chi connectivity index (χ3v) is 14.7. The number of carbonyl (C=O) groups excluding carboxylic acids is 3. The maximum absolute atomic E-state index is 13.9. The van der Waals surface area contributed by atoms with Gasteiger partial charge in [-0.25, -0.2) is 13.9 Å². The molecule has 0 amide bonds. The van der Waals surface area contributed by atoms with Crippen LogP contribution in [0.25, 0.3) is 0 Å². The van der Waals surface area contributed by atoms with E-state index in [1.165, 1.54) is 43.9 Å². The molecule has 3 rings (SSSR count). The van der Waals surface area contributed by atoms with Gasteiger partial charge in [0.25, 0.3) is 0 Å². The number of rotatable bonds is 20. The highest BCUT2D eigenvalue weighted by atomic mass is 31.3. The maximum Gasteiger partial charge on any atom is 0.481 e. The Morgan fingerprint density at radius 3 is 2.20 bits per heavy atom. The number of unbranched alkanes of at least 4 members (excludes halogenated alkanes) is 10. The summed E-state index contributed by atoms with van der Waals surface area (Å²) in [6.07, 6.45) is 7.50. The van der Waals surface area contributed by atoms with Gasteiger partial charge in [-0.1, -0.05) is 122 Å². The Balaban J connectivity index is 1.87. The number of nitrogens with zero attached hydrogens (tertiary/aromatic N) is 2. The Hall–Kier alpha value is -3.17. The van der Waals surface area contributed by atoms with E-state index in [0.717, 1.165) is 55.7 Å². The molecule has 1 aromatic rings. The summed E-state index contributed by atoms with van der Waals surface area (Å²) in [4.78, 5) is 78.0. The number of aromatic nitrogens is 2.